The average Bonchev–Trinajstić information content (AvgIpc) is 2.69. The van der Waals surface area contributed by atoms with Gasteiger partial charge in [-0.1, -0.05) is 42.5 Å². The molecule has 5 heteroatoms. The van der Waals surface area contributed by atoms with E-state index in [9.17, 15) is 4.39 Å². The number of hydrogen-bond acceptors (Lipinski definition) is 4. The fourth-order valence-electron chi connectivity index (χ4n) is 3.21. The van der Waals surface area contributed by atoms with Crippen molar-refractivity contribution < 1.29 is 4.39 Å². The standard InChI is InChI=1S/C21H21FN4/c22-17-8-4-7-16(13-17)21-25-19(15-5-2-1-3-6-15)14-20(26-21)24-18-9-11-23-12-10-18/h1-8,13-14,18,23H,9-12H2,(H,24,25,26). The maximum Gasteiger partial charge on any atom is 0.162 e. The molecule has 0 spiro atoms. The van der Waals surface area contributed by atoms with Gasteiger partial charge in [0.1, 0.15) is 11.6 Å². The number of halogens is 1. The van der Waals surface area contributed by atoms with Crippen LogP contribution in [-0.2, 0) is 0 Å². The first-order valence-corrected chi connectivity index (χ1v) is 8.96. The number of nitrogens with zero attached hydrogens (tertiary/aromatic N) is 2. The summed E-state index contributed by atoms with van der Waals surface area (Å²) in [5, 5.41) is 6.90. The van der Waals surface area contributed by atoms with Gasteiger partial charge in [-0.05, 0) is 38.1 Å². The monoisotopic (exact) mass is 348 g/mol. The van der Waals surface area contributed by atoms with Crippen molar-refractivity contribution in [1.29, 1.82) is 0 Å². The van der Waals surface area contributed by atoms with Crippen LogP contribution in [0.5, 0.6) is 0 Å². The number of nitrogens with one attached hydrogen (secondary N) is 2. The van der Waals surface area contributed by atoms with Crippen LogP contribution in [0, 0.1) is 5.82 Å². The van der Waals surface area contributed by atoms with E-state index in [2.05, 4.69) is 20.6 Å². The fourth-order valence-corrected chi connectivity index (χ4v) is 3.21. The molecule has 1 fully saturated rings. The molecule has 0 atom stereocenters. The topological polar surface area (TPSA) is 49.8 Å². The summed E-state index contributed by atoms with van der Waals surface area (Å²) in [5.74, 6) is 1.02. The molecule has 2 N–H and O–H groups in total. The van der Waals surface area contributed by atoms with Crippen molar-refractivity contribution in [2.24, 2.45) is 0 Å². The van der Waals surface area contributed by atoms with Crippen molar-refractivity contribution in [3.8, 4) is 22.6 Å². The lowest BCUT2D eigenvalue weighted by atomic mass is 10.1. The van der Waals surface area contributed by atoms with Gasteiger partial charge in [0.2, 0.25) is 0 Å². The Balaban J connectivity index is 1.74. The van der Waals surface area contributed by atoms with E-state index >= 15 is 0 Å². The number of benzene rings is 2. The molecular weight excluding hydrogens is 327 g/mol. The Kier molecular flexibility index (Phi) is 4.88. The molecule has 0 bridgehead atoms. The number of rotatable bonds is 4. The van der Waals surface area contributed by atoms with E-state index in [4.69, 9.17) is 0 Å². The Bertz CT molecular complexity index is 876. The molecule has 1 saturated heterocycles. The lowest BCUT2D eigenvalue weighted by molar-refractivity contribution is 0.478. The van der Waals surface area contributed by atoms with E-state index in [1.165, 1.54) is 12.1 Å². The Labute approximate surface area is 152 Å². The Morgan fingerprint density at radius 2 is 1.65 bits per heavy atom. The lowest BCUT2D eigenvalue weighted by Crippen LogP contribution is -2.35. The van der Waals surface area contributed by atoms with Gasteiger partial charge in [0.25, 0.3) is 0 Å². The van der Waals surface area contributed by atoms with E-state index in [0.29, 0.717) is 17.4 Å². The van der Waals surface area contributed by atoms with Crippen molar-refractivity contribution >= 4 is 5.82 Å². The molecular formula is C21H21FN4. The SMILES string of the molecule is Fc1cccc(-c2nc(NC3CCNCC3)cc(-c3ccccc3)n2)c1. The van der Waals surface area contributed by atoms with Gasteiger partial charge in [-0.2, -0.15) is 0 Å². The maximum atomic E-state index is 13.7. The minimum atomic E-state index is -0.288. The zero-order valence-corrected chi connectivity index (χ0v) is 14.5. The van der Waals surface area contributed by atoms with E-state index in [1.807, 2.05) is 42.5 Å². The van der Waals surface area contributed by atoms with Crippen LogP contribution < -0.4 is 10.6 Å². The molecule has 0 unspecified atom stereocenters. The van der Waals surface area contributed by atoms with Gasteiger partial charge in [-0.25, -0.2) is 14.4 Å². The molecule has 1 aromatic heterocycles. The van der Waals surface area contributed by atoms with Gasteiger partial charge in [0, 0.05) is 23.2 Å². The van der Waals surface area contributed by atoms with Crippen molar-refractivity contribution in [3.05, 3.63) is 66.5 Å². The van der Waals surface area contributed by atoms with E-state index in [0.717, 1.165) is 43.0 Å². The summed E-state index contributed by atoms with van der Waals surface area (Å²) in [7, 11) is 0. The van der Waals surface area contributed by atoms with E-state index < -0.39 is 0 Å². The molecule has 2 aromatic carbocycles. The number of aromatic nitrogens is 2. The highest BCUT2D eigenvalue weighted by Crippen LogP contribution is 2.25. The van der Waals surface area contributed by atoms with Crippen molar-refractivity contribution in [3.63, 3.8) is 0 Å². The first kappa shape index (κ1) is 16.7. The molecule has 1 aliphatic heterocycles. The number of hydrogen-bond donors (Lipinski definition) is 2. The second-order valence-electron chi connectivity index (χ2n) is 6.51. The Morgan fingerprint density at radius 3 is 2.42 bits per heavy atom. The molecule has 1 aliphatic rings. The molecule has 4 nitrogen and oxygen atoms in total. The molecule has 3 aromatic rings. The third-order valence-electron chi connectivity index (χ3n) is 4.57. The molecule has 0 radical (unpaired) electrons. The Morgan fingerprint density at radius 1 is 0.885 bits per heavy atom. The summed E-state index contributed by atoms with van der Waals surface area (Å²) in [5.41, 5.74) is 2.52. The molecule has 0 saturated carbocycles. The predicted octanol–water partition coefficient (Wildman–Crippen LogP) is 4.11. The van der Waals surface area contributed by atoms with Gasteiger partial charge in [0.05, 0.1) is 5.69 Å². The highest BCUT2D eigenvalue weighted by molar-refractivity contribution is 5.67. The minimum Gasteiger partial charge on any atom is -0.367 e. The highest BCUT2D eigenvalue weighted by Gasteiger charge is 2.15. The maximum absolute atomic E-state index is 13.7. The summed E-state index contributed by atoms with van der Waals surface area (Å²) < 4.78 is 13.7. The molecule has 26 heavy (non-hydrogen) atoms. The smallest absolute Gasteiger partial charge is 0.162 e. The van der Waals surface area contributed by atoms with Crippen LogP contribution >= 0.6 is 0 Å². The lowest BCUT2D eigenvalue weighted by Gasteiger charge is -2.24. The zero-order chi connectivity index (χ0) is 17.8. The summed E-state index contributed by atoms with van der Waals surface area (Å²) in [6.07, 6.45) is 2.11. The number of anilines is 1. The van der Waals surface area contributed by atoms with Crippen molar-refractivity contribution in [1.82, 2.24) is 15.3 Å². The van der Waals surface area contributed by atoms with Crippen LogP contribution in [0.3, 0.4) is 0 Å². The van der Waals surface area contributed by atoms with Crippen molar-refractivity contribution in [2.45, 2.75) is 18.9 Å². The van der Waals surface area contributed by atoms with Crippen LogP contribution in [0.2, 0.25) is 0 Å². The first-order valence-electron chi connectivity index (χ1n) is 8.96. The van der Waals surface area contributed by atoms with Crippen molar-refractivity contribution in [2.75, 3.05) is 18.4 Å². The first-order chi connectivity index (χ1) is 12.8. The van der Waals surface area contributed by atoms with Crippen LogP contribution in [-0.4, -0.2) is 29.1 Å². The largest absolute Gasteiger partial charge is 0.367 e. The normalized spacial score (nSPS) is 15.0. The highest BCUT2D eigenvalue weighted by atomic mass is 19.1. The van der Waals surface area contributed by atoms with Gasteiger partial charge in [0.15, 0.2) is 5.82 Å². The van der Waals surface area contributed by atoms with Gasteiger partial charge in [-0.15, -0.1) is 0 Å². The summed E-state index contributed by atoms with van der Waals surface area (Å²) in [6.45, 7) is 2.01. The van der Waals surface area contributed by atoms with Crippen LogP contribution in [0.25, 0.3) is 22.6 Å². The third kappa shape index (κ3) is 3.89. The second-order valence-corrected chi connectivity index (χ2v) is 6.51. The van der Waals surface area contributed by atoms with Gasteiger partial charge in [-0.3, -0.25) is 0 Å². The summed E-state index contributed by atoms with van der Waals surface area (Å²) in [6, 6.07) is 18.8. The molecule has 0 amide bonds. The minimum absolute atomic E-state index is 0.288. The predicted molar refractivity (Wildman–Crippen MR) is 102 cm³/mol. The van der Waals surface area contributed by atoms with Gasteiger partial charge >= 0.3 is 0 Å². The Hall–Kier alpha value is -2.79. The molecule has 0 aliphatic carbocycles. The van der Waals surface area contributed by atoms with Gasteiger partial charge < -0.3 is 10.6 Å². The van der Waals surface area contributed by atoms with Crippen LogP contribution in [0.4, 0.5) is 10.2 Å². The average molecular weight is 348 g/mol. The zero-order valence-electron chi connectivity index (χ0n) is 14.5. The third-order valence-corrected chi connectivity index (χ3v) is 4.57. The van der Waals surface area contributed by atoms with E-state index in [1.54, 1.807) is 6.07 Å². The molecule has 4 rings (SSSR count). The fraction of sp³-hybridized carbons (Fsp3) is 0.238. The number of piperidine rings is 1. The van der Waals surface area contributed by atoms with Crippen LogP contribution in [0.1, 0.15) is 12.8 Å². The summed E-state index contributed by atoms with van der Waals surface area (Å²) >= 11 is 0. The quantitative estimate of drug-likeness (QED) is 0.745. The van der Waals surface area contributed by atoms with E-state index in [-0.39, 0.29) is 5.82 Å². The second kappa shape index (κ2) is 7.62. The summed E-state index contributed by atoms with van der Waals surface area (Å²) in [4.78, 5) is 9.33. The van der Waals surface area contributed by atoms with Crippen LogP contribution in [0.15, 0.2) is 60.7 Å². The molecule has 2 heterocycles. The molecule has 132 valence electrons.